The molecule has 2 N–H and O–H groups in total. The number of fused-ring (bicyclic) bond motifs is 1. The summed E-state index contributed by atoms with van der Waals surface area (Å²) in [5.41, 5.74) is 2.88. The summed E-state index contributed by atoms with van der Waals surface area (Å²) in [7, 11) is 0. The van der Waals surface area contributed by atoms with Crippen molar-refractivity contribution in [2.24, 2.45) is 0 Å². The summed E-state index contributed by atoms with van der Waals surface area (Å²) in [5.74, 6) is 0.228. The van der Waals surface area contributed by atoms with Crippen molar-refractivity contribution in [3.63, 3.8) is 0 Å². The highest BCUT2D eigenvalue weighted by molar-refractivity contribution is 8.05. The van der Waals surface area contributed by atoms with E-state index in [1.807, 2.05) is 60.7 Å². The molecule has 2 aromatic carbocycles. The van der Waals surface area contributed by atoms with E-state index in [2.05, 4.69) is 15.5 Å². The Morgan fingerprint density at radius 2 is 1.89 bits per heavy atom. The second-order valence-corrected chi connectivity index (χ2v) is 10.1. The summed E-state index contributed by atoms with van der Waals surface area (Å²) in [4.78, 5) is 39.9. The topological polar surface area (TPSA) is 104 Å². The fourth-order valence-electron chi connectivity index (χ4n) is 4.06. The van der Waals surface area contributed by atoms with Crippen LogP contribution in [0.5, 0.6) is 0 Å². The number of rotatable bonds is 9. The van der Waals surface area contributed by atoms with E-state index < -0.39 is 18.1 Å². The predicted molar refractivity (Wildman–Crippen MR) is 134 cm³/mol. The van der Waals surface area contributed by atoms with Gasteiger partial charge in [-0.3, -0.25) is 19.6 Å². The van der Waals surface area contributed by atoms with Crippen LogP contribution in [0, 0.1) is 0 Å². The zero-order valence-corrected chi connectivity index (χ0v) is 20.1. The molecular formula is C25H22N4O4S2. The molecule has 5 rings (SSSR count). The van der Waals surface area contributed by atoms with Crippen molar-refractivity contribution >= 4 is 41.8 Å². The molecule has 35 heavy (non-hydrogen) atoms. The number of nitrogens with one attached hydrogen (secondary N) is 2. The summed E-state index contributed by atoms with van der Waals surface area (Å²) in [6, 6.07) is 18.4. The van der Waals surface area contributed by atoms with Crippen LogP contribution in [0.15, 0.2) is 83.7 Å². The van der Waals surface area contributed by atoms with Gasteiger partial charge in [0.25, 0.3) is 5.91 Å². The Balaban J connectivity index is 1.47. The smallest absolute Gasteiger partial charge is 0.356 e. The molecule has 8 nitrogen and oxygen atoms in total. The zero-order valence-electron chi connectivity index (χ0n) is 18.5. The van der Waals surface area contributed by atoms with Crippen LogP contribution in [0.25, 0.3) is 0 Å². The van der Waals surface area contributed by atoms with E-state index in [1.54, 1.807) is 12.4 Å². The average molecular weight is 507 g/mol. The lowest BCUT2D eigenvalue weighted by molar-refractivity contribution is -0.154. The summed E-state index contributed by atoms with van der Waals surface area (Å²) in [5, 5.41) is 8.97. The minimum Gasteiger partial charge on any atom is -0.448 e. The van der Waals surface area contributed by atoms with E-state index in [0.29, 0.717) is 17.9 Å². The highest BCUT2D eigenvalue weighted by Gasteiger charge is 2.54. The number of β-lactam (4-membered cyclic amide) rings is 1. The Hall–Kier alpha value is -3.50. The van der Waals surface area contributed by atoms with Crippen molar-refractivity contribution in [2.45, 2.75) is 23.3 Å². The second kappa shape index (κ2) is 10.4. The maximum absolute atomic E-state index is 13.7. The van der Waals surface area contributed by atoms with Gasteiger partial charge in [-0.1, -0.05) is 60.7 Å². The molecule has 3 heterocycles. The third-order valence-corrected chi connectivity index (χ3v) is 8.40. The van der Waals surface area contributed by atoms with Crippen molar-refractivity contribution in [1.82, 2.24) is 20.4 Å². The first-order chi connectivity index (χ1) is 17.2. The Morgan fingerprint density at radius 3 is 2.49 bits per heavy atom. The fourth-order valence-corrected chi connectivity index (χ4v) is 6.62. The lowest BCUT2D eigenvalue weighted by Gasteiger charge is -2.49. The minimum atomic E-state index is -0.653. The molecule has 0 bridgehead atoms. The second-order valence-electron chi connectivity index (χ2n) is 7.95. The molecule has 0 unspecified atom stereocenters. The number of carbonyl (C=O) groups excluding carboxylic acids is 3. The van der Waals surface area contributed by atoms with Gasteiger partial charge in [0.1, 0.15) is 17.1 Å². The molecule has 0 aliphatic carbocycles. The Morgan fingerprint density at radius 1 is 1.20 bits per heavy atom. The van der Waals surface area contributed by atoms with E-state index in [1.165, 1.54) is 28.4 Å². The first kappa shape index (κ1) is 23.3. The SMILES string of the molecule is O=CN[C@@H]1C(=O)N2C(C(=O)OC(c3ccccc3)c3ccccc3)=C(SCc3cn[nH]c3)CS[C@H]12. The standard InChI is InChI=1S/C25H22N4O4S2/c30-15-26-20-23(31)29-21(19(14-35-24(20)29)34-13-16-11-27-28-12-16)25(32)33-22(17-7-3-1-4-8-17)18-9-5-2-6-10-18/h1-12,15,20,22,24H,13-14H2,(H,26,30)(H,27,28)/t20-,24-/m1/s1. The van der Waals surface area contributed by atoms with E-state index in [9.17, 15) is 14.4 Å². The van der Waals surface area contributed by atoms with Crippen molar-refractivity contribution in [3.05, 3.63) is 100 Å². The van der Waals surface area contributed by atoms with E-state index >= 15 is 0 Å². The van der Waals surface area contributed by atoms with Crippen molar-refractivity contribution in [1.29, 1.82) is 0 Å². The lowest BCUT2D eigenvalue weighted by Crippen LogP contribution is -2.69. The number of hydrogen-bond donors (Lipinski definition) is 2. The number of aromatic nitrogens is 2. The molecule has 3 aromatic rings. The van der Waals surface area contributed by atoms with Crippen LogP contribution in [0.4, 0.5) is 0 Å². The molecule has 1 aromatic heterocycles. The molecule has 0 spiro atoms. The number of carbonyl (C=O) groups is 3. The third kappa shape index (κ3) is 4.71. The summed E-state index contributed by atoms with van der Waals surface area (Å²) in [6.07, 6.45) is 3.41. The minimum absolute atomic E-state index is 0.244. The first-order valence-corrected chi connectivity index (χ1v) is 13.0. The van der Waals surface area contributed by atoms with Crippen LogP contribution in [0.1, 0.15) is 22.8 Å². The van der Waals surface area contributed by atoms with Crippen LogP contribution in [-0.2, 0) is 24.9 Å². The Bertz CT molecular complexity index is 1200. The number of thioether (sulfide) groups is 2. The highest BCUT2D eigenvalue weighted by atomic mass is 32.2. The molecule has 2 aliphatic rings. The van der Waals surface area contributed by atoms with E-state index in [-0.39, 0.29) is 17.0 Å². The number of esters is 1. The van der Waals surface area contributed by atoms with Gasteiger partial charge in [0.2, 0.25) is 6.41 Å². The van der Waals surface area contributed by atoms with Crippen LogP contribution in [0.3, 0.4) is 0 Å². The van der Waals surface area contributed by atoms with E-state index in [4.69, 9.17) is 4.74 Å². The fraction of sp³-hybridized carbons (Fsp3) is 0.200. The van der Waals surface area contributed by atoms with Crippen LogP contribution < -0.4 is 5.32 Å². The molecule has 1 fully saturated rings. The molecule has 2 atom stereocenters. The number of hydrogen-bond acceptors (Lipinski definition) is 7. The number of amides is 2. The maximum atomic E-state index is 13.7. The maximum Gasteiger partial charge on any atom is 0.356 e. The third-order valence-electron chi connectivity index (χ3n) is 5.77. The molecule has 0 saturated carbocycles. The van der Waals surface area contributed by atoms with E-state index in [0.717, 1.165) is 21.6 Å². The number of H-pyrrole nitrogens is 1. The van der Waals surface area contributed by atoms with Gasteiger partial charge in [0.15, 0.2) is 6.10 Å². The van der Waals surface area contributed by atoms with Crippen molar-refractivity contribution < 1.29 is 19.1 Å². The van der Waals surface area contributed by atoms with Gasteiger partial charge >= 0.3 is 5.97 Å². The molecular weight excluding hydrogens is 484 g/mol. The van der Waals surface area contributed by atoms with Gasteiger partial charge in [-0.25, -0.2) is 4.79 Å². The van der Waals surface area contributed by atoms with Crippen molar-refractivity contribution in [2.75, 3.05) is 5.75 Å². The number of aromatic amines is 1. The summed E-state index contributed by atoms with van der Waals surface area (Å²) < 4.78 is 6.10. The van der Waals surface area contributed by atoms with Gasteiger partial charge in [0, 0.05) is 28.2 Å². The van der Waals surface area contributed by atoms with Gasteiger partial charge < -0.3 is 10.1 Å². The number of nitrogens with zero attached hydrogens (tertiary/aromatic N) is 2. The van der Waals surface area contributed by atoms with Crippen LogP contribution in [-0.4, -0.2) is 50.6 Å². The number of ether oxygens (including phenoxy) is 1. The highest BCUT2D eigenvalue weighted by Crippen LogP contribution is 2.45. The normalized spacial score (nSPS) is 19.2. The molecule has 0 radical (unpaired) electrons. The monoisotopic (exact) mass is 506 g/mol. The Kier molecular flexibility index (Phi) is 6.91. The quantitative estimate of drug-likeness (QED) is 0.261. The lowest BCUT2D eigenvalue weighted by atomic mass is 10.0. The van der Waals surface area contributed by atoms with Crippen LogP contribution >= 0.6 is 23.5 Å². The molecule has 2 aliphatic heterocycles. The molecule has 1 saturated heterocycles. The average Bonchev–Trinajstić information content (AvgIpc) is 3.43. The van der Waals surface area contributed by atoms with Gasteiger partial charge in [-0.2, -0.15) is 5.10 Å². The molecule has 178 valence electrons. The predicted octanol–water partition coefficient (Wildman–Crippen LogP) is 3.22. The largest absolute Gasteiger partial charge is 0.448 e. The van der Waals surface area contributed by atoms with Gasteiger partial charge in [-0.15, -0.1) is 23.5 Å². The number of benzene rings is 2. The summed E-state index contributed by atoms with van der Waals surface area (Å²) >= 11 is 3.00. The molecule has 10 heteroatoms. The zero-order chi connectivity index (χ0) is 24.2. The molecule has 2 amide bonds. The van der Waals surface area contributed by atoms with Crippen LogP contribution in [0.2, 0.25) is 0 Å². The first-order valence-electron chi connectivity index (χ1n) is 11.0. The van der Waals surface area contributed by atoms with Gasteiger partial charge in [-0.05, 0) is 11.1 Å². The Labute approximate surface area is 210 Å². The van der Waals surface area contributed by atoms with Crippen molar-refractivity contribution in [3.8, 4) is 0 Å². The summed E-state index contributed by atoms with van der Waals surface area (Å²) in [6.45, 7) is 0. The van der Waals surface area contributed by atoms with Gasteiger partial charge in [0.05, 0.1) is 6.20 Å².